The molecule has 0 aromatic heterocycles. The number of benzene rings is 8. The zero-order valence-corrected chi connectivity index (χ0v) is 66.5. The summed E-state index contributed by atoms with van der Waals surface area (Å²) < 4.78 is 38.3. The van der Waals surface area contributed by atoms with Gasteiger partial charge < -0.3 is 0 Å². The Morgan fingerprint density at radius 3 is 0.865 bits per heavy atom. The van der Waals surface area contributed by atoms with Gasteiger partial charge in [0.25, 0.3) is 0 Å². The number of hydrogen-bond donors (Lipinski definition) is 0. The number of halogens is 5. The van der Waals surface area contributed by atoms with E-state index in [-0.39, 0.29) is 33.7 Å². The summed E-state index contributed by atoms with van der Waals surface area (Å²) >= 11 is 11.7. The standard InChI is InChI=1S/C12H17F.2C12H18.2C11H15Cl.2C11H15F.C11H16/c1-9-5-10(7-11(13)6-9)8-12(2,3)4;1-10-5-7-11(8-6-10)9-12(2,3)4;1-10-6-5-7-11(8-10)9-12(2,3)4;1-11(2,3)8-9-4-6-10(12)7-5-9;1-11(2,3)8-9-5-4-6-10(12)7-9;1-11(2,3)8-9-4-6-10(12)7-5-9;1-11(2,3)8-9-5-4-6-10(12)7-9;1-11(2,3)9-10-7-5-4-6-8-10/h5-7H,8H2,1-4H3;2*5-8H,9H2,1-4H3;4*4-7H,8H2,1-3H3;4-8H,9H2,1-3H3. The molecule has 0 spiro atoms. The third-order valence-corrected chi connectivity index (χ3v) is 14.1. The Morgan fingerprint density at radius 2 is 0.500 bits per heavy atom. The number of aryl methyl sites for hydroxylation is 3. The lowest BCUT2D eigenvalue weighted by Crippen LogP contribution is -2.09. The molecule has 0 aliphatic carbocycles. The number of hydrogen-bond acceptors (Lipinski definition) is 0. The zero-order valence-electron chi connectivity index (χ0n) is 65.0. The van der Waals surface area contributed by atoms with Crippen LogP contribution < -0.4 is 0 Å². The van der Waals surface area contributed by atoms with Crippen LogP contribution in [0.4, 0.5) is 13.2 Å². The molecule has 5 heteroatoms. The molecule has 8 aromatic rings. The Morgan fingerprint density at radius 1 is 0.208 bits per heavy atom. The maximum Gasteiger partial charge on any atom is 0.123 e. The van der Waals surface area contributed by atoms with Crippen molar-refractivity contribution in [2.24, 2.45) is 43.3 Å². The van der Waals surface area contributed by atoms with Crippen molar-refractivity contribution in [3.8, 4) is 0 Å². The Bertz CT molecular complexity index is 3080. The van der Waals surface area contributed by atoms with E-state index in [0.29, 0.717) is 27.1 Å². The van der Waals surface area contributed by atoms with E-state index in [4.69, 9.17) is 23.2 Å². The second kappa shape index (κ2) is 40.9. The molecule has 96 heavy (non-hydrogen) atoms. The topological polar surface area (TPSA) is 0 Å². The molecule has 0 N–H and O–H groups in total. The largest absolute Gasteiger partial charge is 0.207 e. The molecule has 0 atom stereocenters. The van der Waals surface area contributed by atoms with Gasteiger partial charge in [-0.2, -0.15) is 0 Å². The van der Waals surface area contributed by atoms with Crippen molar-refractivity contribution in [2.45, 2.75) is 238 Å². The van der Waals surface area contributed by atoms with Crippen molar-refractivity contribution < 1.29 is 13.2 Å². The van der Waals surface area contributed by atoms with Crippen LogP contribution in [-0.4, -0.2) is 0 Å². The molecule has 0 saturated heterocycles. The summed E-state index contributed by atoms with van der Waals surface area (Å²) in [4.78, 5) is 0. The highest BCUT2D eigenvalue weighted by Gasteiger charge is 2.17. The first-order chi connectivity index (χ1) is 43.8. The SMILES string of the molecule is CC(C)(C)Cc1ccc(Cl)cc1.CC(C)(C)Cc1ccc(F)cc1.CC(C)(C)Cc1cccc(Cl)c1.CC(C)(C)Cc1cccc(F)c1.CC(C)(C)Cc1ccccc1.Cc1cc(F)cc(CC(C)(C)C)c1.Cc1ccc(CC(C)(C)C)cc1.Cc1cccc(CC(C)(C)C)c1. The molecule has 0 bridgehead atoms. The molecular weight excluding hydrogens is 1220 g/mol. The highest BCUT2D eigenvalue weighted by Crippen LogP contribution is 2.27. The van der Waals surface area contributed by atoms with Gasteiger partial charge in [0.15, 0.2) is 0 Å². The molecule has 0 fully saturated rings. The van der Waals surface area contributed by atoms with Gasteiger partial charge in [-0.1, -0.05) is 334 Å². The molecule has 528 valence electrons. The zero-order chi connectivity index (χ0) is 73.5. The van der Waals surface area contributed by atoms with E-state index in [1.165, 1.54) is 62.7 Å². The second-order valence-electron chi connectivity index (χ2n) is 36.0. The Hall–Kier alpha value is -5.87. The maximum atomic E-state index is 13.0. The van der Waals surface area contributed by atoms with E-state index in [0.717, 1.165) is 78.1 Å². The van der Waals surface area contributed by atoms with Gasteiger partial charge in [0.05, 0.1) is 0 Å². The summed E-state index contributed by atoms with van der Waals surface area (Å²) in [6, 6.07) is 63.1. The first kappa shape index (κ1) is 88.1. The van der Waals surface area contributed by atoms with Gasteiger partial charge in [-0.15, -0.1) is 0 Å². The van der Waals surface area contributed by atoms with E-state index in [1.807, 2.05) is 61.5 Å². The van der Waals surface area contributed by atoms with Gasteiger partial charge in [-0.05, 0) is 226 Å². The predicted molar refractivity (Wildman–Crippen MR) is 421 cm³/mol. The smallest absolute Gasteiger partial charge is 0.123 e. The highest BCUT2D eigenvalue weighted by atomic mass is 35.5. The predicted octanol–water partition coefficient (Wildman–Crippen LogP) is 28.9. The quantitative estimate of drug-likeness (QED) is 0.142. The van der Waals surface area contributed by atoms with Crippen molar-refractivity contribution in [3.05, 3.63) is 283 Å². The first-order valence-electron chi connectivity index (χ1n) is 34.7. The van der Waals surface area contributed by atoms with Crippen molar-refractivity contribution in [1.29, 1.82) is 0 Å². The molecule has 8 rings (SSSR count). The van der Waals surface area contributed by atoms with Gasteiger partial charge >= 0.3 is 0 Å². The molecule has 0 radical (unpaired) electrons. The summed E-state index contributed by atoms with van der Waals surface area (Å²) in [7, 11) is 0. The van der Waals surface area contributed by atoms with Crippen LogP contribution in [-0.2, 0) is 51.4 Å². The lowest BCUT2D eigenvalue weighted by molar-refractivity contribution is 0.410. The van der Waals surface area contributed by atoms with Gasteiger partial charge in [-0.3, -0.25) is 0 Å². The lowest BCUT2D eigenvalue weighted by atomic mass is 9.88. The van der Waals surface area contributed by atoms with Gasteiger partial charge in [0.2, 0.25) is 0 Å². The Kier molecular flexibility index (Phi) is 37.5. The molecular formula is C91H129Cl2F3. The minimum absolute atomic E-state index is 0.126. The minimum Gasteiger partial charge on any atom is -0.207 e. The summed E-state index contributed by atoms with van der Waals surface area (Å²) in [5, 5.41) is 1.64. The van der Waals surface area contributed by atoms with E-state index in [1.54, 1.807) is 24.3 Å². The van der Waals surface area contributed by atoms with Crippen molar-refractivity contribution >= 4 is 23.2 Å². The van der Waals surface area contributed by atoms with E-state index in [2.05, 4.69) is 277 Å². The fraction of sp³-hybridized carbons (Fsp3) is 0.473. The molecule has 0 amide bonds. The molecule has 0 unspecified atom stereocenters. The highest BCUT2D eigenvalue weighted by molar-refractivity contribution is 6.30. The lowest BCUT2D eigenvalue weighted by Gasteiger charge is -2.18. The van der Waals surface area contributed by atoms with Crippen LogP contribution in [0.1, 0.15) is 227 Å². The molecule has 0 aliphatic heterocycles. The molecule has 8 aromatic carbocycles. The summed E-state index contributed by atoms with van der Waals surface area (Å²) in [5.74, 6) is -0.427. The van der Waals surface area contributed by atoms with Crippen molar-refractivity contribution in [1.82, 2.24) is 0 Å². The molecule has 0 nitrogen and oxygen atoms in total. The normalized spacial score (nSPS) is 11.7. The Balaban J connectivity index is 0.000000549. The van der Waals surface area contributed by atoms with E-state index in [9.17, 15) is 13.2 Å². The van der Waals surface area contributed by atoms with Crippen LogP contribution in [0.2, 0.25) is 10.0 Å². The first-order valence-corrected chi connectivity index (χ1v) is 35.4. The molecule has 0 saturated carbocycles. The number of rotatable bonds is 8. The fourth-order valence-electron chi connectivity index (χ4n) is 10.4. The molecule has 0 heterocycles. The van der Waals surface area contributed by atoms with Crippen LogP contribution in [0.5, 0.6) is 0 Å². The van der Waals surface area contributed by atoms with Crippen LogP contribution in [0.15, 0.2) is 194 Å². The van der Waals surface area contributed by atoms with Crippen LogP contribution in [0.25, 0.3) is 0 Å². The average molecular weight is 1350 g/mol. The summed E-state index contributed by atoms with van der Waals surface area (Å²) in [6.07, 6.45) is 8.50. The van der Waals surface area contributed by atoms with E-state index < -0.39 is 0 Å². The van der Waals surface area contributed by atoms with Crippen molar-refractivity contribution in [2.75, 3.05) is 0 Å². The van der Waals surface area contributed by atoms with Gasteiger partial charge in [0.1, 0.15) is 17.5 Å². The minimum atomic E-state index is -0.160. The summed E-state index contributed by atoms with van der Waals surface area (Å²) in [6.45, 7) is 59.5. The fourth-order valence-corrected chi connectivity index (χ4v) is 10.8. The van der Waals surface area contributed by atoms with Crippen LogP contribution in [0, 0.1) is 81.5 Å². The van der Waals surface area contributed by atoms with Gasteiger partial charge in [0, 0.05) is 10.0 Å². The third-order valence-electron chi connectivity index (χ3n) is 13.6. The average Bonchev–Trinajstić information content (AvgIpc) is 1.04. The maximum absolute atomic E-state index is 13.0. The monoisotopic (exact) mass is 1350 g/mol. The van der Waals surface area contributed by atoms with Crippen molar-refractivity contribution in [3.63, 3.8) is 0 Å². The Labute approximate surface area is 597 Å². The third kappa shape index (κ3) is 51.4. The van der Waals surface area contributed by atoms with E-state index >= 15 is 0 Å². The summed E-state index contributed by atoms with van der Waals surface area (Å²) in [5.41, 5.74) is 16.7. The second-order valence-corrected chi connectivity index (χ2v) is 36.9. The van der Waals surface area contributed by atoms with Crippen LogP contribution in [0.3, 0.4) is 0 Å². The molecule has 0 aliphatic rings. The van der Waals surface area contributed by atoms with Gasteiger partial charge in [-0.25, -0.2) is 13.2 Å². The van der Waals surface area contributed by atoms with Crippen LogP contribution >= 0.6 is 23.2 Å².